The highest BCUT2D eigenvalue weighted by Gasteiger charge is 2.76. The molecule has 0 spiro atoms. The summed E-state index contributed by atoms with van der Waals surface area (Å²) in [6.07, 6.45) is -1.45. The minimum Gasteiger partial charge on any atom is -0.493 e. The van der Waals surface area contributed by atoms with E-state index in [1.807, 2.05) is 6.92 Å². The van der Waals surface area contributed by atoms with E-state index in [4.69, 9.17) is 9.47 Å². The Balaban J connectivity index is 2.03. The summed E-state index contributed by atoms with van der Waals surface area (Å²) < 4.78 is 11.0. The molecule has 8 atom stereocenters. The van der Waals surface area contributed by atoms with E-state index in [-0.39, 0.29) is 35.6 Å². The Bertz CT molecular complexity index is 816. The summed E-state index contributed by atoms with van der Waals surface area (Å²) in [7, 11) is 1.35. The molecule has 0 aromatic rings. The van der Waals surface area contributed by atoms with Crippen LogP contribution in [0.2, 0.25) is 0 Å². The van der Waals surface area contributed by atoms with Crippen molar-refractivity contribution in [1.29, 1.82) is 0 Å². The van der Waals surface area contributed by atoms with Gasteiger partial charge in [0.05, 0.1) is 19.4 Å². The van der Waals surface area contributed by atoms with Gasteiger partial charge in [0, 0.05) is 16.4 Å². The molecule has 3 aliphatic carbocycles. The number of aliphatic hydroxyl groups is 2. The third-order valence-corrected chi connectivity index (χ3v) is 8.44. The fraction of sp³-hybridized carbons (Fsp3) is 0.762. The van der Waals surface area contributed by atoms with E-state index in [0.717, 1.165) is 0 Å². The third kappa shape index (κ3) is 1.94. The number of ether oxygens (including phenoxy) is 2. The first-order chi connectivity index (χ1) is 12.9. The van der Waals surface area contributed by atoms with Crippen molar-refractivity contribution in [1.82, 2.24) is 0 Å². The molecule has 0 amide bonds. The average molecular weight is 392 g/mol. The Labute approximate surface area is 164 Å². The largest absolute Gasteiger partial charge is 0.493 e. The monoisotopic (exact) mass is 392 g/mol. The number of esters is 1. The number of Topliss-reactive ketones (excluding diaryl/α,β-unsaturated/α-hetero) is 2. The van der Waals surface area contributed by atoms with Crippen LogP contribution in [-0.4, -0.2) is 52.7 Å². The lowest BCUT2D eigenvalue weighted by molar-refractivity contribution is -0.258. The Morgan fingerprint density at radius 1 is 1.18 bits per heavy atom. The molecule has 1 aliphatic heterocycles. The average Bonchev–Trinajstić information content (AvgIpc) is 2.60. The summed E-state index contributed by atoms with van der Waals surface area (Å²) in [5.41, 5.74) is -3.71. The van der Waals surface area contributed by atoms with Crippen LogP contribution in [-0.2, 0) is 23.9 Å². The van der Waals surface area contributed by atoms with Gasteiger partial charge >= 0.3 is 5.97 Å². The standard InChI is InChI=1S/C21H28O7/c1-9-6-12(22)18(25)19(3)11(9)7-13-20(4)17(19)15(24)16(27-5)10(2)21(20,26)8-14(23)28-13/h9,11-13,17,22,26H,6-8H2,1-5H3/t9-,11+,12+,13-,17-,19+,20-,21-/m1/s1. The number of carbonyl (C=O) groups excluding carboxylic acids is 3. The number of aliphatic hydroxyl groups excluding tert-OH is 1. The maximum atomic E-state index is 13.6. The van der Waals surface area contributed by atoms with Crippen molar-refractivity contribution in [2.24, 2.45) is 28.6 Å². The van der Waals surface area contributed by atoms with Gasteiger partial charge < -0.3 is 19.7 Å². The molecule has 154 valence electrons. The summed E-state index contributed by atoms with van der Waals surface area (Å²) in [6, 6.07) is 0. The number of hydrogen-bond donors (Lipinski definition) is 2. The second-order valence-electron chi connectivity index (χ2n) is 9.47. The molecule has 0 radical (unpaired) electrons. The topological polar surface area (TPSA) is 110 Å². The number of hydrogen-bond acceptors (Lipinski definition) is 7. The van der Waals surface area contributed by atoms with E-state index in [9.17, 15) is 24.6 Å². The molecule has 28 heavy (non-hydrogen) atoms. The summed E-state index contributed by atoms with van der Waals surface area (Å²) in [4.78, 5) is 39.3. The minimum atomic E-state index is -1.66. The third-order valence-electron chi connectivity index (χ3n) is 8.44. The van der Waals surface area contributed by atoms with Crippen LogP contribution in [0.1, 0.15) is 47.0 Å². The summed E-state index contributed by atoms with van der Waals surface area (Å²) >= 11 is 0. The molecular formula is C21H28O7. The number of methoxy groups -OCH3 is 1. The molecule has 7 heteroatoms. The molecule has 1 heterocycles. The van der Waals surface area contributed by atoms with Gasteiger partial charge in [-0.15, -0.1) is 0 Å². The molecule has 1 saturated heterocycles. The van der Waals surface area contributed by atoms with Crippen LogP contribution in [0, 0.1) is 28.6 Å². The van der Waals surface area contributed by atoms with Crippen molar-refractivity contribution < 1.29 is 34.1 Å². The predicted octanol–water partition coefficient (Wildman–Crippen LogP) is 1.15. The number of rotatable bonds is 1. The molecule has 0 unspecified atom stereocenters. The zero-order valence-corrected chi connectivity index (χ0v) is 16.9. The van der Waals surface area contributed by atoms with E-state index in [1.165, 1.54) is 7.11 Å². The molecule has 2 saturated carbocycles. The number of carbonyl (C=O) groups is 3. The lowest BCUT2D eigenvalue weighted by Crippen LogP contribution is -2.75. The number of allylic oxidation sites excluding steroid dienone is 1. The number of fused-ring (bicyclic) bond motifs is 2. The summed E-state index contributed by atoms with van der Waals surface area (Å²) in [6.45, 7) is 7.02. The van der Waals surface area contributed by atoms with Crippen LogP contribution in [0.15, 0.2) is 11.3 Å². The Kier molecular flexibility index (Phi) is 3.96. The van der Waals surface area contributed by atoms with Crippen molar-refractivity contribution in [3.63, 3.8) is 0 Å². The van der Waals surface area contributed by atoms with E-state index < -0.39 is 40.5 Å². The summed E-state index contributed by atoms with van der Waals surface area (Å²) in [5, 5.41) is 22.2. The maximum Gasteiger partial charge on any atom is 0.309 e. The van der Waals surface area contributed by atoms with Crippen LogP contribution >= 0.6 is 0 Å². The van der Waals surface area contributed by atoms with E-state index in [1.54, 1.807) is 20.8 Å². The van der Waals surface area contributed by atoms with Gasteiger partial charge in [-0.25, -0.2) is 0 Å². The lowest BCUT2D eigenvalue weighted by atomic mass is 9.38. The van der Waals surface area contributed by atoms with Crippen LogP contribution in [0.25, 0.3) is 0 Å². The van der Waals surface area contributed by atoms with Gasteiger partial charge in [-0.05, 0) is 31.6 Å². The Morgan fingerprint density at radius 3 is 2.43 bits per heavy atom. The van der Waals surface area contributed by atoms with Gasteiger partial charge in [0.25, 0.3) is 0 Å². The highest BCUT2D eigenvalue weighted by molar-refractivity contribution is 6.04. The quantitative estimate of drug-likeness (QED) is 0.644. The van der Waals surface area contributed by atoms with Crippen molar-refractivity contribution in [3.8, 4) is 0 Å². The summed E-state index contributed by atoms with van der Waals surface area (Å²) in [5.74, 6) is -2.50. The lowest BCUT2D eigenvalue weighted by Gasteiger charge is -2.67. The zero-order valence-electron chi connectivity index (χ0n) is 16.9. The first-order valence-corrected chi connectivity index (χ1v) is 9.88. The molecule has 4 rings (SSSR count). The highest BCUT2D eigenvalue weighted by Crippen LogP contribution is 2.68. The van der Waals surface area contributed by atoms with Crippen molar-refractivity contribution in [3.05, 3.63) is 11.3 Å². The molecule has 3 fully saturated rings. The molecule has 2 N–H and O–H groups in total. The van der Waals surface area contributed by atoms with Gasteiger partial charge in [0.2, 0.25) is 5.78 Å². The first-order valence-electron chi connectivity index (χ1n) is 9.88. The molecular weight excluding hydrogens is 364 g/mol. The van der Waals surface area contributed by atoms with Crippen LogP contribution in [0.4, 0.5) is 0 Å². The van der Waals surface area contributed by atoms with Crippen LogP contribution in [0.5, 0.6) is 0 Å². The molecule has 0 bridgehead atoms. The molecule has 0 aromatic carbocycles. The highest BCUT2D eigenvalue weighted by atomic mass is 16.6. The number of ketones is 2. The van der Waals surface area contributed by atoms with Crippen LogP contribution in [0.3, 0.4) is 0 Å². The van der Waals surface area contributed by atoms with Gasteiger partial charge in [0.15, 0.2) is 11.5 Å². The minimum absolute atomic E-state index is 0.000756. The second kappa shape index (κ2) is 5.66. The van der Waals surface area contributed by atoms with Gasteiger partial charge in [0.1, 0.15) is 17.8 Å². The van der Waals surface area contributed by atoms with E-state index in [0.29, 0.717) is 18.4 Å². The molecule has 0 aromatic heterocycles. The molecule has 4 aliphatic rings. The van der Waals surface area contributed by atoms with Crippen LogP contribution < -0.4 is 0 Å². The van der Waals surface area contributed by atoms with E-state index >= 15 is 0 Å². The first kappa shape index (κ1) is 19.6. The van der Waals surface area contributed by atoms with Gasteiger partial charge in [-0.3, -0.25) is 14.4 Å². The maximum absolute atomic E-state index is 13.6. The zero-order chi connectivity index (χ0) is 20.8. The smallest absolute Gasteiger partial charge is 0.309 e. The fourth-order valence-corrected chi connectivity index (χ4v) is 6.99. The van der Waals surface area contributed by atoms with Crippen molar-refractivity contribution >= 4 is 17.5 Å². The normalized spacial score (nSPS) is 50.7. The Hall–Kier alpha value is -1.73. The SMILES string of the molecule is COC1=C(C)[C@]2(O)CC(=O)O[C@@H]3C[C@H]4[C@H](C)C[C@H](O)C(=O)[C@]4(C)[C@@H](C1=O)[C@@]32C. The Morgan fingerprint density at radius 2 is 1.82 bits per heavy atom. The van der Waals surface area contributed by atoms with Gasteiger partial charge in [-0.1, -0.05) is 20.8 Å². The van der Waals surface area contributed by atoms with Crippen molar-refractivity contribution in [2.75, 3.05) is 7.11 Å². The van der Waals surface area contributed by atoms with E-state index in [2.05, 4.69) is 0 Å². The molecule has 7 nitrogen and oxygen atoms in total. The fourth-order valence-electron chi connectivity index (χ4n) is 6.99. The predicted molar refractivity (Wildman–Crippen MR) is 96.8 cm³/mol. The second-order valence-corrected chi connectivity index (χ2v) is 9.47. The van der Waals surface area contributed by atoms with Gasteiger partial charge in [-0.2, -0.15) is 0 Å². The van der Waals surface area contributed by atoms with Crippen molar-refractivity contribution in [2.45, 2.75) is 64.8 Å².